The van der Waals surface area contributed by atoms with Gasteiger partial charge in [0.2, 0.25) is 15.9 Å². The van der Waals surface area contributed by atoms with Crippen LogP contribution in [0.4, 0.5) is 5.69 Å². The minimum atomic E-state index is -3.73. The van der Waals surface area contributed by atoms with E-state index in [4.69, 9.17) is 14.2 Å². The first-order valence-electron chi connectivity index (χ1n) is 10.0. The summed E-state index contributed by atoms with van der Waals surface area (Å²) in [6.45, 7) is 6.84. The standard InChI is InChI=1S/C22H28N2O6S/c1-15-11-16(2)13-19(12-15)28-8-7-23-22(25)17(3)24(31(4,26)27)18-5-6-20-21(14-18)30-10-9-29-20/h5-6,11-14,17H,7-10H2,1-4H3,(H,23,25)/t17-/m0/s1. The molecule has 0 aromatic heterocycles. The fourth-order valence-electron chi connectivity index (χ4n) is 3.48. The summed E-state index contributed by atoms with van der Waals surface area (Å²) in [5, 5.41) is 2.74. The molecule has 0 saturated carbocycles. The molecule has 1 atom stereocenters. The first-order valence-corrected chi connectivity index (χ1v) is 11.9. The van der Waals surface area contributed by atoms with E-state index in [1.807, 2.05) is 32.0 Å². The Hall–Kier alpha value is -2.94. The number of aryl methyl sites for hydroxylation is 2. The number of hydrogen-bond donors (Lipinski definition) is 1. The average Bonchev–Trinajstić information content (AvgIpc) is 2.69. The second kappa shape index (κ2) is 9.47. The van der Waals surface area contributed by atoms with Crippen LogP contribution in [0.3, 0.4) is 0 Å². The van der Waals surface area contributed by atoms with Gasteiger partial charge in [0.1, 0.15) is 31.6 Å². The number of carbonyl (C=O) groups is 1. The summed E-state index contributed by atoms with van der Waals surface area (Å²) < 4.78 is 42.7. The topological polar surface area (TPSA) is 94.2 Å². The van der Waals surface area contributed by atoms with Crippen molar-refractivity contribution >= 4 is 21.6 Å². The third-order valence-corrected chi connectivity index (χ3v) is 5.98. The number of rotatable bonds is 8. The smallest absolute Gasteiger partial charge is 0.243 e. The van der Waals surface area contributed by atoms with Gasteiger partial charge in [0.25, 0.3) is 0 Å². The molecule has 0 aliphatic carbocycles. The molecule has 0 spiro atoms. The van der Waals surface area contributed by atoms with Crippen molar-refractivity contribution in [1.29, 1.82) is 0 Å². The van der Waals surface area contributed by atoms with Gasteiger partial charge < -0.3 is 19.5 Å². The highest BCUT2D eigenvalue weighted by Gasteiger charge is 2.30. The Bertz CT molecular complexity index is 1030. The van der Waals surface area contributed by atoms with Crippen molar-refractivity contribution in [2.75, 3.05) is 36.9 Å². The molecule has 1 aliphatic rings. The lowest BCUT2D eigenvalue weighted by molar-refractivity contribution is -0.121. The molecule has 9 heteroatoms. The first-order chi connectivity index (χ1) is 14.6. The molecular formula is C22H28N2O6S. The first kappa shape index (κ1) is 22.7. The zero-order chi connectivity index (χ0) is 22.6. The third-order valence-electron chi connectivity index (χ3n) is 4.73. The van der Waals surface area contributed by atoms with Crippen LogP contribution < -0.4 is 23.8 Å². The molecule has 0 radical (unpaired) electrons. The van der Waals surface area contributed by atoms with E-state index in [2.05, 4.69) is 5.32 Å². The van der Waals surface area contributed by atoms with Gasteiger partial charge in [-0.3, -0.25) is 9.10 Å². The number of anilines is 1. The normalized spacial score (nSPS) is 13.9. The monoisotopic (exact) mass is 448 g/mol. The van der Waals surface area contributed by atoms with Crippen LogP contribution in [0.25, 0.3) is 0 Å². The molecule has 2 aromatic carbocycles. The van der Waals surface area contributed by atoms with Crippen molar-refractivity contribution in [2.24, 2.45) is 0 Å². The summed E-state index contributed by atoms with van der Waals surface area (Å²) in [5.41, 5.74) is 2.52. The highest BCUT2D eigenvalue weighted by atomic mass is 32.2. The van der Waals surface area contributed by atoms with E-state index in [9.17, 15) is 13.2 Å². The Labute approximate surface area is 183 Å². The van der Waals surface area contributed by atoms with E-state index < -0.39 is 22.0 Å². The van der Waals surface area contributed by atoms with Crippen LogP contribution in [0, 0.1) is 13.8 Å². The van der Waals surface area contributed by atoms with Gasteiger partial charge in [0.05, 0.1) is 18.5 Å². The van der Waals surface area contributed by atoms with E-state index >= 15 is 0 Å². The molecule has 2 aromatic rings. The fourth-order valence-corrected chi connectivity index (χ4v) is 4.65. The van der Waals surface area contributed by atoms with E-state index in [0.717, 1.165) is 27.4 Å². The second-order valence-corrected chi connectivity index (χ2v) is 9.39. The minimum Gasteiger partial charge on any atom is -0.492 e. The third kappa shape index (κ3) is 5.81. The Kier molecular flexibility index (Phi) is 6.94. The van der Waals surface area contributed by atoms with Gasteiger partial charge in [0, 0.05) is 6.07 Å². The van der Waals surface area contributed by atoms with Crippen molar-refractivity contribution in [3.8, 4) is 17.2 Å². The maximum Gasteiger partial charge on any atom is 0.243 e. The van der Waals surface area contributed by atoms with E-state index in [0.29, 0.717) is 30.4 Å². The van der Waals surface area contributed by atoms with E-state index in [1.165, 1.54) is 6.92 Å². The number of benzene rings is 2. The lowest BCUT2D eigenvalue weighted by Crippen LogP contribution is -2.48. The number of fused-ring (bicyclic) bond motifs is 1. The molecule has 1 N–H and O–H groups in total. The molecule has 1 heterocycles. The number of hydrogen-bond acceptors (Lipinski definition) is 6. The van der Waals surface area contributed by atoms with Crippen LogP contribution in [0.5, 0.6) is 17.2 Å². The van der Waals surface area contributed by atoms with Crippen LogP contribution in [-0.4, -0.2) is 53.0 Å². The Morgan fingerprint density at radius 3 is 2.39 bits per heavy atom. The van der Waals surface area contributed by atoms with Gasteiger partial charge in [0.15, 0.2) is 11.5 Å². The summed E-state index contributed by atoms with van der Waals surface area (Å²) in [4.78, 5) is 12.7. The number of sulfonamides is 1. The molecule has 31 heavy (non-hydrogen) atoms. The second-order valence-electron chi connectivity index (χ2n) is 7.53. The van der Waals surface area contributed by atoms with Crippen LogP contribution in [0.1, 0.15) is 18.1 Å². The zero-order valence-corrected chi connectivity index (χ0v) is 19.0. The quantitative estimate of drug-likeness (QED) is 0.624. The van der Waals surface area contributed by atoms with Crippen molar-refractivity contribution in [2.45, 2.75) is 26.8 Å². The average molecular weight is 449 g/mol. The Morgan fingerprint density at radius 2 is 1.74 bits per heavy atom. The molecule has 168 valence electrons. The van der Waals surface area contributed by atoms with Gasteiger partial charge in [-0.1, -0.05) is 6.07 Å². The van der Waals surface area contributed by atoms with Crippen molar-refractivity contribution in [3.05, 3.63) is 47.5 Å². The van der Waals surface area contributed by atoms with E-state index in [1.54, 1.807) is 18.2 Å². The van der Waals surface area contributed by atoms with Crippen LogP contribution in [-0.2, 0) is 14.8 Å². The van der Waals surface area contributed by atoms with Crippen LogP contribution in [0.2, 0.25) is 0 Å². The van der Waals surface area contributed by atoms with Crippen molar-refractivity contribution < 1.29 is 27.4 Å². The number of nitrogens with one attached hydrogen (secondary N) is 1. The van der Waals surface area contributed by atoms with Crippen molar-refractivity contribution in [3.63, 3.8) is 0 Å². The molecule has 0 unspecified atom stereocenters. The lowest BCUT2D eigenvalue weighted by Gasteiger charge is -2.29. The highest BCUT2D eigenvalue weighted by Crippen LogP contribution is 2.35. The summed E-state index contributed by atoms with van der Waals surface area (Å²) in [6.07, 6.45) is 1.07. The number of carbonyl (C=O) groups excluding carboxylic acids is 1. The minimum absolute atomic E-state index is 0.245. The number of amides is 1. The van der Waals surface area contributed by atoms with Gasteiger partial charge in [-0.25, -0.2) is 8.42 Å². The van der Waals surface area contributed by atoms with Crippen LogP contribution >= 0.6 is 0 Å². The highest BCUT2D eigenvalue weighted by molar-refractivity contribution is 7.92. The molecule has 3 rings (SSSR count). The predicted octanol–water partition coefficient (Wildman–Crippen LogP) is 2.42. The molecule has 0 bridgehead atoms. The molecule has 0 fully saturated rings. The number of nitrogens with zero attached hydrogens (tertiary/aromatic N) is 1. The largest absolute Gasteiger partial charge is 0.492 e. The maximum absolute atomic E-state index is 12.7. The zero-order valence-electron chi connectivity index (χ0n) is 18.2. The van der Waals surface area contributed by atoms with E-state index in [-0.39, 0.29) is 13.2 Å². The number of ether oxygens (including phenoxy) is 3. The predicted molar refractivity (Wildman–Crippen MR) is 119 cm³/mol. The van der Waals surface area contributed by atoms with Crippen molar-refractivity contribution in [1.82, 2.24) is 5.32 Å². The summed E-state index contributed by atoms with van der Waals surface area (Å²) in [5.74, 6) is 1.30. The molecule has 1 aliphatic heterocycles. The van der Waals surface area contributed by atoms with Gasteiger partial charge in [-0.2, -0.15) is 0 Å². The fraction of sp³-hybridized carbons (Fsp3) is 0.409. The Morgan fingerprint density at radius 1 is 1.10 bits per heavy atom. The SMILES string of the molecule is Cc1cc(C)cc(OCCNC(=O)[C@H](C)N(c2ccc3c(c2)OCCO3)S(C)(=O)=O)c1. The lowest BCUT2D eigenvalue weighted by atomic mass is 10.1. The molecular weight excluding hydrogens is 420 g/mol. The maximum atomic E-state index is 12.7. The summed E-state index contributed by atoms with van der Waals surface area (Å²) in [6, 6.07) is 9.75. The molecule has 8 nitrogen and oxygen atoms in total. The Balaban J connectivity index is 1.64. The summed E-state index contributed by atoms with van der Waals surface area (Å²) in [7, 11) is -3.73. The van der Waals surface area contributed by atoms with Gasteiger partial charge >= 0.3 is 0 Å². The molecule has 0 saturated heterocycles. The summed E-state index contributed by atoms with van der Waals surface area (Å²) >= 11 is 0. The molecule has 1 amide bonds. The van der Waals surface area contributed by atoms with Gasteiger partial charge in [-0.05, 0) is 56.2 Å². The van der Waals surface area contributed by atoms with Gasteiger partial charge in [-0.15, -0.1) is 0 Å². The van der Waals surface area contributed by atoms with Crippen LogP contribution in [0.15, 0.2) is 36.4 Å².